The number of likely N-dealkylation sites (tertiary alicyclic amines) is 1. The molecule has 4 heteroatoms. The van der Waals surface area contributed by atoms with E-state index in [0.717, 1.165) is 49.5 Å². The number of ether oxygens (including phenoxy) is 1. The van der Waals surface area contributed by atoms with Crippen LogP contribution in [-0.4, -0.2) is 31.1 Å². The number of hydrogen-bond donors (Lipinski definition) is 1. The maximum atomic E-state index is 13.2. The van der Waals surface area contributed by atoms with Crippen molar-refractivity contribution in [2.24, 2.45) is 0 Å². The molecule has 0 unspecified atom stereocenters. The van der Waals surface area contributed by atoms with Gasteiger partial charge in [0.15, 0.2) is 0 Å². The summed E-state index contributed by atoms with van der Waals surface area (Å²) in [6.07, 6.45) is 2.20. The summed E-state index contributed by atoms with van der Waals surface area (Å²) in [5.41, 5.74) is 2.18. The zero-order chi connectivity index (χ0) is 16.1. The second kappa shape index (κ2) is 7.47. The molecule has 2 aromatic carbocycles. The molecule has 0 aromatic heterocycles. The van der Waals surface area contributed by atoms with Gasteiger partial charge in [-0.05, 0) is 54.8 Å². The Morgan fingerprint density at radius 2 is 1.87 bits per heavy atom. The van der Waals surface area contributed by atoms with Crippen molar-refractivity contribution in [3.05, 3.63) is 59.9 Å². The van der Waals surface area contributed by atoms with Crippen molar-refractivity contribution in [3.63, 3.8) is 0 Å². The summed E-state index contributed by atoms with van der Waals surface area (Å²) in [5.74, 6) is 0.721. The summed E-state index contributed by atoms with van der Waals surface area (Å²) in [6, 6.07) is 15.4. The molecule has 122 valence electrons. The fraction of sp³-hybridized carbons (Fsp3) is 0.368. The predicted octanol–water partition coefficient (Wildman–Crippen LogP) is 3.91. The molecule has 0 radical (unpaired) electrons. The third kappa shape index (κ3) is 4.45. The van der Waals surface area contributed by atoms with E-state index in [-0.39, 0.29) is 5.82 Å². The van der Waals surface area contributed by atoms with Crippen molar-refractivity contribution in [2.45, 2.75) is 25.4 Å². The van der Waals surface area contributed by atoms with Crippen LogP contribution in [0.1, 0.15) is 18.4 Å². The highest BCUT2D eigenvalue weighted by atomic mass is 19.1. The van der Waals surface area contributed by atoms with Gasteiger partial charge < -0.3 is 10.1 Å². The Morgan fingerprint density at radius 1 is 1.13 bits per heavy atom. The molecule has 1 saturated heterocycles. The van der Waals surface area contributed by atoms with Crippen molar-refractivity contribution >= 4 is 5.69 Å². The first kappa shape index (κ1) is 15.8. The molecule has 1 N–H and O–H groups in total. The molecule has 3 rings (SSSR count). The lowest BCUT2D eigenvalue weighted by molar-refractivity contribution is 0.211. The van der Waals surface area contributed by atoms with Gasteiger partial charge in [-0.3, -0.25) is 4.90 Å². The van der Waals surface area contributed by atoms with Gasteiger partial charge in [-0.25, -0.2) is 4.39 Å². The van der Waals surface area contributed by atoms with Crippen LogP contribution >= 0.6 is 0 Å². The number of piperidine rings is 1. The third-order valence-corrected chi connectivity index (χ3v) is 4.34. The smallest absolute Gasteiger partial charge is 0.123 e. The van der Waals surface area contributed by atoms with E-state index in [1.807, 2.05) is 18.2 Å². The number of anilines is 1. The highest BCUT2D eigenvalue weighted by Gasteiger charge is 2.19. The standard InChI is InChI=1S/C19H23FN2O/c1-23-19-7-5-17(6-8-19)21-18-9-11-22(12-10-18)14-15-3-2-4-16(20)13-15/h2-8,13,18,21H,9-12,14H2,1H3. The average Bonchev–Trinajstić information content (AvgIpc) is 2.57. The van der Waals surface area contributed by atoms with Crippen LogP contribution in [0.5, 0.6) is 5.75 Å². The lowest BCUT2D eigenvalue weighted by Crippen LogP contribution is -2.38. The Balaban J connectivity index is 1.48. The highest BCUT2D eigenvalue weighted by Crippen LogP contribution is 2.20. The van der Waals surface area contributed by atoms with Gasteiger partial charge >= 0.3 is 0 Å². The topological polar surface area (TPSA) is 24.5 Å². The molecule has 1 fully saturated rings. The zero-order valence-corrected chi connectivity index (χ0v) is 13.5. The number of halogens is 1. The zero-order valence-electron chi connectivity index (χ0n) is 13.5. The lowest BCUT2D eigenvalue weighted by Gasteiger charge is -2.33. The number of benzene rings is 2. The Hall–Kier alpha value is -2.07. The summed E-state index contributed by atoms with van der Waals surface area (Å²) >= 11 is 0. The van der Waals surface area contributed by atoms with Gasteiger partial charge in [0.05, 0.1) is 7.11 Å². The van der Waals surface area contributed by atoms with Gasteiger partial charge in [0.2, 0.25) is 0 Å². The maximum Gasteiger partial charge on any atom is 0.123 e. The van der Waals surface area contributed by atoms with Crippen molar-refractivity contribution in [2.75, 3.05) is 25.5 Å². The molecule has 2 aromatic rings. The van der Waals surface area contributed by atoms with E-state index >= 15 is 0 Å². The first-order chi connectivity index (χ1) is 11.2. The molecule has 1 heterocycles. The van der Waals surface area contributed by atoms with Crippen LogP contribution in [0.4, 0.5) is 10.1 Å². The van der Waals surface area contributed by atoms with Crippen LogP contribution in [0.3, 0.4) is 0 Å². The predicted molar refractivity (Wildman–Crippen MR) is 91.3 cm³/mol. The SMILES string of the molecule is COc1ccc(NC2CCN(Cc3cccc(F)c3)CC2)cc1. The van der Waals surface area contributed by atoms with Crippen LogP contribution < -0.4 is 10.1 Å². The van der Waals surface area contributed by atoms with E-state index in [1.54, 1.807) is 19.2 Å². The Kier molecular flexibility index (Phi) is 5.13. The van der Waals surface area contributed by atoms with Crippen molar-refractivity contribution in [1.29, 1.82) is 0 Å². The van der Waals surface area contributed by atoms with E-state index in [4.69, 9.17) is 4.74 Å². The van der Waals surface area contributed by atoms with Crippen LogP contribution in [-0.2, 0) is 6.54 Å². The molecule has 0 saturated carbocycles. The van der Waals surface area contributed by atoms with Gasteiger partial charge in [0.25, 0.3) is 0 Å². The molecule has 1 aliphatic rings. The minimum Gasteiger partial charge on any atom is -0.497 e. The van der Waals surface area contributed by atoms with E-state index in [0.29, 0.717) is 6.04 Å². The minimum absolute atomic E-state index is 0.154. The summed E-state index contributed by atoms with van der Waals surface area (Å²) < 4.78 is 18.4. The fourth-order valence-electron chi connectivity index (χ4n) is 3.05. The molecular weight excluding hydrogens is 291 g/mol. The Bertz CT molecular complexity index is 622. The largest absolute Gasteiger partial charge is 0.497 e. The summed E-state index contributed by atoms with van der Waals surface area (Å²) in [7, 11) is 1.68. The van der Waals surface area contributed by atoms with Crippen molar-refractivity contribution in [3.8, 4) is 5.75 Å². The van der Waals surface area contributed by atoms with Crippen LogP contribution in [0.25, 0.3) is 0 Å². The molecule has 0 spiro atoms. The lowest BCUT2D eigenvalue weighted by atomic mass is 10.0. The summed E-state index contributed by atoms with van der Waals surface area (Å²) in [6.45, 7) is 2.89. The van der Waals surface area contributed by atoms with Gasteiger partial charge in [-0.2, -0.15) is 0 Å². The van der Waals surface area contributed by atoms with E-state index in [9.17, 15) is 4.39 Å². The molecule has 0 aliphatic carbocycles. The molecule has 0 amide bonds. The van der Waals surface area contributed by atoms with Crippen LogP contribution in [0.15, 0.2) is 48.5 Å². The Labute approximate surface area is 137 Å². The fourth-order valence-corrected chi connectivity index (χ4v) is 3.05. The van der Waals surface area contributed by atoms with E-state index < -0.39 is 0 Å². The first-order valence-corrected chi connectivity index (χ1v) is 8.10. The monoisotopic (exact) mass is 314 g/mol. The molecule has 23 heavy (non-hydrogen) atoms. The van der Waals surface area contributed by atoms with Gasteiger partial charge in [-0.1, -0.05) is 12.1 Å². The molecule has 0 atom stereocenters. The number of methoxy groups -OCH3 is 1. The summed E-state index contributed by atoms with van der Waals surface area (Å²) in [5, 5.41) is 3.58. The third-order valence-electron chi connectivity index (χ3n) is 4.34. The second-order valence-corrected chi connectivity index (χ2v) is 6.05. The molecule has 0 bridgehead atoms. The first-order valence-electron chi connectivity index (χ1n) is 8.10. The van der Waals surface area contributed by atoms with Gasteiger partial charge in [0, 0.05) is 31.4 Å². The second-order valence-electron chi connectivity index (χ2n) is 6.05. The van der Waals surface area contributed by atoms with Gasteiger partial charge in [-0.15, -0.1) is 0 Å². The van der Waals surface area contributed by atoms with Crippen molar-refractivity contribution < 1.29 is 9.13 Å². The quantitative estimate of drug-likeness (QED) is 0.905. The minimum atomic E-state index is -0.154. The van der Waals surface area contributed by atoms with E-state index in [2.05, 4.69) is 22.3 Å². The number of rotatable bonds is 5. The maximum absolute atomic E-state index is 13.2. The van der Waals surface area contributed by atoms with Crippen LogP contribution in [0.2, 0.25) is 0 Å². The Morgan fingerprint density at radius 3 is 2.52 bits per heavy atom. The molecule has 1 aliphatic heterocycles. The summed E-state index contributed by atoms with van der Waals surface area (Å²) in [4.78, 5) is 2.39. The molecular formula is C19H23FN2O. The molecule has 3 nitrogen and oxygen atoms in total. The average molecular weight is 314 g/mol. The number of hydrogen-bond acceptors (Lipinski definition) is 3. The van der Waals surface area contributed by atoms with Crippen molar-refractivity contribution in [1.82, 2.24) is 4.90 Å². The number of nitrogens with zero attached hydrogens (tertiary/aromatic N) is 1. The van der Waals surface area contributed by atoms with Gasteiger partial charge in [0.1, 0.15) is 11.6 Å². The number of nitrogens with one attached hydrogen (secondary N) is 1. The van der Waals surface area contributed by atoms with Crippen LogP contribution in [0, 0.1) is 5.82 Å². The normalized spacial score (nSPS) is 16.3. The highest BCUT2D eigenvalue weighted by molar-refractivity contribution is 5.47. The van der Waals surface area contributed by atoms with E-state index in [1.165, 1.54) is 6.07 Å².